The molecular formula is C14H11N3O3. The lowest BCUT2D eigenvalue weighted by Crippen LogP contribution is -2.17. The molecular weight excluding hydrogens is 258 g/mol. The smallest absolute Gasteiger partial charge is 0.337 e. The van der Waals surface area contributed by atoms with E-state index in [0.717, 1.165) is 5.56 Å². The van der Waals surface area contributed by atoms with E-state index in [4.69, 9.17) is 9.47 Å². The van der Waals surface area contributed by atoms with E-state index in [1.54, 1.807) is 36.8 Å². The van der Waals surface area contributed by atoms with Gasteiger partial charge in [0.1, 0.15) is 19.5 Å². The zero-order chi connectivity index (χ0) is 13.8. The Morgan fingerprint density at radius 2 is 2.15 bits per heavy atom. The van der Waals surface area contributed by atoms with Crippen molar-refractivity contribution in [2.24, 2.45) is 0 Å². The van der Waals surface area contributed by atoms with Crippen LogP contribution in [0.2, 0.25) is 0 Å². The van der Waals surface area contributed by atoms with Gasteiger partial charge in [-0.15, -0.1) is 0 Å². The summed E-state index contributed by atoms with van der Waals surface area (Å²) in [6.07, 6.45) is 7.99. The molecule has 0 aliphatic carbocycles. The van der Waals surface area contributed by atoms with Crippen molar-refractivity contribution in [1.29, 1.82) is 0 Å². The molecule has 0 saturated heterocycles. The van der Waals surface area contributed by atoms with Crippen LogP contribution >= 0.6 is 0 Å². The first-order chi connectivity index (χ1) is 9.83. The number of carbonyl (C=O) groups excluding carboxylic acids is 1. The summed E-state index contributed by atoms with van der Waals surface area (Å²) >= 11 is 0. The maximum Gasteiger partial charge on any atom is 0.337 e. The largest absolute Gasteiger partial charge is 0.472 e. The lowest BCUT2D eigenvalue weighted by Gasteiger charge is -2.15. The minimum Gasteiger partial charge on any atom is -0.472 e. The highest BCUT2D eigenvalue weighted by Gasteiger charge is 2.19. The Balaban J connectivity index is 1.68. The fourth-order valence-electron chi connectivity index (χ4n) is 1.76. The number of nitrogens with zero attached hydrogens (tertiary/aromatic N) is 3. The fraction of sp³-hybridized carbons (Fsp3) is 0.143. The summed E-state index contributed by atoms with van der Waals surface area (Å²) in [6.45, 7) is 0.357. The minimum absolute atomic E-state index is 0.152. The van der Waals surface area contributed by atoms with E-state index in [0.29, 0.717) is 17.0 Å². The summed E-state index contributed by atoms with van der Waals surface area (Å²) in [5.41, 5.74) is 2.00. The van der Waals surface area contributed by atoms with Crippen LogP contribution in [0.25, 0.3) is 6.08 Å². The number of esters is 1. The molecule has 2 aromatic heterocycles. The molecule has 20 heavy (non-hydrogen) atoms. The van der Waals surface area contributed by atoms with Crippen molar-refractivity contribution in [3.63, 3.8) is 0 Å². The van der Waals surface area contributed by atoms with Gasteiger partial charge in [-0.2, -0.15) is 0 Å². The van der Waals surface area contributed by atoms with Crippen molar-refractivity contribution >= 4 is 12.0 Å². The second-order valence-electron chi connectivity index (χ2n) is 4.17. The van der Waals surface area contributed by atoms with Crippen LogP contribution in [0.15, 0.2) is 42.6 Å². The lowest BCUT2D eigenvalue weighted by atomic mass is 10.1. The van der Waals surface area contributed by atoms with E-state index >= 15 is 0 Å². The monoisotopic (exact) mass is 269 g/mol. The maximum atomic E-state index is 12.0. The van der Waals surface area contributed by atoms with Crippen LogP contribution in [0, 0.1) is 0 Å². The molecule has 1 aliphatic heterocycles. The number of rotatable bonds is 3. The first kappa shape index (κ1) is 12.3. The van der Waals surface area contributed by atoms with Crippen LogP contribution in [0.1, 0.15) is 11.1 Å². The first-order valence-electron chi connectivity index (χ1n) is 6.02. The van der Waals surface area contributed by atoms with Crippen molar-refractivity contribution in [2.45, 2.75) is 6.61 Å². The van der Waals surface area contributed by atoms with Crippen LogP contribution in [0.3, 0.4) is 0 Å². The summed E-state index contributed by atoms with van der Waals surface area (Å²) in [4.78, 5) is 23.7. The van der Waals surface area contributed by atoms with E-state index in [1.165, 1.54) is 6.33 Å². The van der Waals surface area contributed by atoms with Crippen LogP contribution in [-0.4, -0.2) is 27.5 Å². The van der Waals surface area contributed by atoms with Crippen LogP contribution < -0.4 is 4.74 Å². The Morgan fingerprint density at radius 1 is 1.30 bits per heavy atom. The molecule has 0 fully saturated rings. The highest BCUT2D eigenvalue weighted by atomic mass is 16.5. The molecule has 0 N–H and O–H groups in total. The molecule has 3 rings (SSSR count). The Morgan fingerprint density at radius 3 is 3.00 bits per heavy atom. The van der Waals surface area contributed by atoms with Gasteiger partial charge in [-0.3, -0.25) is 4.98 Å². The number of hydrogen-bond acceptors (Lipinski definition) is 6. The molecule has 100 valence electrons. The molecule has 0 amide bonds. The van der Waals surface area contributed by atoms with Gasteiger partial charge in [0.25, 0.3) is 0 Å². The van der Waals surface area contributed by atoms with Crippen LogP contribution in [0.5, 0.6) is 5.88 Å². The molecule has 0 spiro atoms. The van der Waals surface area contributed by atoms with Crippen molar-refractivity contribution in [3.05, 3.63) is 53.8 Å². The van der Waals surface area contributed by atoms with Gasteiger partial charge in [0.15, 0.2) is 0 Å². The van der Waals surface area contributed by atoms with Gasteiger partial charge in [-0.25, -0.2) is 14.8 Å². The molecule has 0 aromatic carbocycles. The summed E-state index contributed by atoms with van der Waals surface area (Å²) in [5, 5.41) is 0. The quantitative estimate of drug-likeness (QED) is 0.784. The highest BCUT2D eigenvalue weighted by Crippen LogP contribution is 2.23. The van der Waals surface area contributed by atoms with E-state index in [2.05, 4.69) is 15.0 Å². The minimum atomic E-state index is -0.406. The third-order valence-electron chi connectivity index (χ3n) is 2.78. The normalized spacial score (nSPS) is 12.9. The van der Waals surface area contributed by atoms with Gasteiger partial charge in [0.2, 0.25) is 5.88 Å². The van der Waals surface area contributed by atoms with Crippen LogP contribution in [-0.2, 0) is 16.1 Å². The summed E-state index contributed by atoms with van der Waals surface area (Å²) < 4.78 is 10.6. The Labute approximate surface area is 115 Å². The Kier molecular flexibility index (Phi) is 3.36. The molecule has 0 saturated carbocycles. The molecule has 6 nitrogen and oxygen atoms in total. The molecule has 0 radical (unpaired) electrons. The predicted octanol–water partition coefficient (Wildman–Crippen LogP) is 1.39. The number of fused-ring (bicyclic) bond motifs is 1. The van der Waals surface area contributed by atoms with Crippen molar-refractivity contribution in [3.8, 4) is 5.88 Å². The Hall–Kier alpha value is -2.76. The van der Waals surface area contributed by atoms with Crippen molar-refractivity contribution in [2.75, 3.05) is 6.61 Å². The van der Waals surface area contributed by atoms with E-state index < -0.39 is 5.97 Å². The van der Waals surface area contributed by atoms with Gasteiger partial charge < -0.3 is 9.47 Å². The number of aromatic nitrogens is 3. The number of hydrogen-bond donors (Lipinski definition) is 0. The second kappa shape index (κ2) is 5.48. The Bertz CT molecular complexity index is 656. The van der Waals surface area contributed by atoms with Gasteiger partial charge >= 0.3 is 5.97 Å². The molecule has 2 aromatic rings. The number of carbonyl (C=O) groups is 1. The zero-order valence-electron chi connectivity index (χ0n) is 10.5. The molecule has 0 atom stereocenters. The van der Waals surface area contributed by atoms with Crippen molar-refractivity contribution in [1.82, 2.24) is 15.0 Å². The van der Waals surface area contributed by atoms with Gasteiger partial charge in [0.05, 0.1) is 11.1 Å². The third-order valence-corrected chi connectivity index (χ3v) is 2.78. The van der Waals surface area contributed by atoms with E-state index in [-0.39, 0.29) is 13.2 Å². The average Bonchev–Trinajstić information content (AvgIpc) is 2.53. The van der Waals surface area contributed by atoms with E-state index in [9.17, 15) is 4.79 Å². The summed E-state index contributed by atoms with van der Waals surface area (Å²) in [6, 6.07) is 3.59. The van der Waals surface area contributed by atoms with Gasteiger partial charge in [-0.05, 0) is 23.8 Å². The summed E-state index contributed by atoms with van der Waals surface area (Å²) in [7, 11) is 0. The maximum absolute atomic E-state index is 12.0. The molecule has 1 aliphatic rings. The predicted molar refractivity (Wildman–Crippen MR) is 69.5 cm³/mol. The molecule has 0 unspecified atom stereocenters. The summed E-state index contributed by atoms with van der Waals surface area (Å²) in [5.74, 6) is 0.0713. The third kappa shape index (κ3) is 2.64. The standard InChI is InChI=1S/C14H11N3O3/c18-14(20-7-10-1-3-15-4-2-10)12-5-11-6-16-9-17-13(11)19-8-12/h1-6,9H,7-8H2. The first-order valence-corrected chi connectivity index (χ1v) is 6.02. The molecule has 0 bridgehead atoms. The zero-order valence-corrected chi connectivity index (χ0v) is 10.5. The van der Waals surface area contributed by atoms with E-state index in [1.807, 2.05) is 0 Å². The lowest BCUT2D eigenvalue weighted by molar-refractivity contribution is -0.140. The number of ether oxygens (including phenoxy) is 2. The van der Waals surface area contributed by atoms with Gasteiger partial charge in [-0.1, -0.05) is 0 Å². The molecule has 6 heteroatoms. The second-order valence-corrected chi connectivity index (χ2v) is 4.17. The topological polar surface area (TPSA) is 74.2 Å². The van der Waals surface area contributed by atoms with Crippen LogP contribution in [0.4, 0.5) is 0 Å². The number of pyridine rings is 1. The average molecular weight is 269 g/mol. The highest BCUT2D eigenvalue weighted by molar-refractivity contribution is 5.94. The SMILES string of the molecule is O=C(OCc1ccncc1)C1=Cc2cncnc2OC1. The molecule has 3 heterocycles. The van der Waals surface area contributed by atoms with Crippen molar-refractivity contribution < 1.29 is 14.3 Å². The fourth-order valence-corrected chi connectivity index (χ4v) is 1.76. The van der Waals surface area contributed by atoms with Gasteiger partial charge in [0, 0.05) is 18.6 Å².